The average Bonchev–Trinajstić information content (AvgIpc) is 3.17. The van der Waals surface area contributed by atoms with Crippen molar-refractivity contribution in [3.05, 3.63) is 75.2 Å². The molecule has 2 heterocycles. The lowest BCUT2D eigenvalue weighted by Gasteiger charge is -2.15. The fourth-order valence-corrected chi connectivity index (χ4v) is 5.43. The van der Waals surface area contributed by atoms with Gasteiger partial charge in [0, 0.05) is 17.9 Å². The fraction of sp³-hybridized carbons (Fsp3) is 0.273. The molecule has 0 radical (unpaired) electrons. The first-order valence-corrected chi connectivity index (χ1v) is 11.5. The van der Waals surface area contributed by atoms with Gasteiger partial charge in [-0.05, 0) is 49.2 Å². The molecular weight excluding hydrogens is 445 g/mol. The molecule has 0 unspecified atom stereocenters. The number of nitrogens with zero attached hydrogens (tertiary/aromatic N) is 2. The number of rotatable bonds is 5. The largest absolute Gasteiger partial charge is 0.573 e. The first kappa shape index (κ1) is 21.8. The molecular formula is C22H19F3N2O2S2. The standard InChI is InChI=1S/C22H19F3N2O2S2/c1-13-3-4-14(2)15(11-13)12-31-21-26-18-9-10-30-19(18)20(28)27(21)16-5-7-17(8-6-16)29-22(23,24)25/h3-8,11H,9-10,12H2,1-2H3. The highest BCUT2D eigenvalue weighted by molar-refractivity contribution is 7.99. The summed E-state index contributed by atoms with van der Waals surface area (Å²) in [5.41, 5.74) is 4.49. The molecule has 1 aliphatic rings. The van der Waals surface area contributed by atoms with E-state index in [0.717, 1.165) is 34.6 Å². The number of alkyl halides is 3. The van der Waals surface area contributed by atoms with Gasteiger partial charge in [-0.3, -0.25) is 9.36 Å². The number of benzene rings is 2. The van der Waals surface area contributed by atoms with Crippen molar-refractivity contribution in [3.8, 4) is 11.4 Å². The Morgan fingerprint density at radius 3 is 2.61 bits per heavy atom. The minimum Gasteiger partial charge on any atom is -0.406 e. The molecule has 162 valence electrons. The van der Waals surface area contributed by atoms with Crippen LogP contribution in [-0.2, 0) is 12.2 Å². The molecule has 0 bridgehead atoms. The van der Waals surface area contributed by atoms with Crippen LogP contribution < -0.4 is 10.3 Å². The van der Waals surface area contributed by atoms with Gasteiger partial charge in [0.25, 0.3) is 5.56 Å². The Bertz CT molecular complexity index is 1180. The summed E-state index contributed by atoms with van der Waals surface area (Å²) in [6, 6.07) is 11.5. The van der Waals surface area contributed by atoms with Gasteiger partial charge in [0.05, 0.1) is 16.3 Å². The molecule has 0 saturated carbocycles. The van der Waals surface area contributed by atoms with Crippen molar-refractivity contribution < 1.29 is 17.9 Å². The first-order chi connectivity index (χ1) is 14.7. The van der Waals surface area contributed by atoms with Crippen LogP contribution in [0.1, 0.15) is 22.4 Å². The van der Waals surface area contributed by atoms with E-state index in [2.05, 4.69) is 22.9 Å². The lowest BCUT2D eigenvalue weighted by Crippen LogP contribution is -2.24. The van der Waals surface area contributed by atoms with E-state index in [1.54, 1.807) is 0 Å². The van der Waals surface area contributed by atoms with Gasteiger partial charge in [-0.1, -0.05) is 35.5 Å². The van der Waals surface area contributed by atoms with Crippen molar-refractivity contribution in [1.29, 1.82) is 0 Å². The highest BCUT2D eigenvalue weighted by Crippen LogP contribution is 2.32. The van der Waals surface area contributed by atoms with Crippen molar-refractivity contribution in [2.45, 2.75) is 42.4 Å². The van der Waals surface area contributed by atoms with Crippen LogP contribution in [0.15, 0.2) is 57.3 Å². The van der Waals surface area contributed by atoms with E-state index < -0.39 is 6.36 Å². The van der Waals surface area contributed by atoms with Crippen LogP contribution in [-0.4, -0.2) is 21.7 Å². The van der Waals surface area contributed by atoms with Crippen LogP contribution in [0.4, 0.5) is 13.2 Å². The van der Waals surface area contributed by atoms with Gasteiger partial charge in [0.15, 0.2) is 5.16 Å². The highest BCUT2D eigenvalue weighted by Gasteiger charge is 2.31. The Labute approximate surface area is 185 Å². The maximum atomic E-state index is 13.2. The summed E-state index contributed by atoms with van der Waals surface area (Å²) >= 11 is 2.91. The Hall–Kier alpha value is -2.39. The average molecular weight is 465 g/mol. The van der Waals surface area contributed by atoms with Gasteiger partial charge in [-0.25, -0.2) is 4.98 Å². The maximum Gasteiger partial charge on any atom is 0.573 e. The number of aromatic nitrogens is 2. The van der Waals surface area contributed by atoms with Crippen molar-refractivity contribution in [1.82, 2.24) is 9.55 Å². The lowest BCUT2D eigenvalue weighted by atomic mass is 10.1. The highest BCUT2D eigenvalue weighted by atomic mass is 32.2. The van der Waals surface area contributed by atoms with Crippen molar-refractivity contribution in [2.75, 3.05) is 5.75 Å². The zero-order valence-electron chi connectivity index (χ0n) is 16.8. The van der Waals surface area contributed by atoms with Gasteiger partial charge < -0.3 is 4.74 Å². The molecule has 0 spiro atoms. The van der Waals surface area contributed by atoms with E-state index >= 15 is 0 Å². The molecule has 1 aliphatic heterocycles. The van der Waals surface area contributed by atoms with Crippen LogP contribution in [0.2, 0.25) is 0 Å². The zero-order chi connectivity index (χ0) is 22.2. The summed E-state index contributed by atoms with van der Waals surface area (Å²) in [4.78, 5) is 18.5. The molecule has 0 saturated heterocycles. The van der Waals surface area contributed by atoms with Crippen molar-refractivity contribution >= 4 is 23.5 Å². The maximum absolute atomic E-state index is 13.2. The SMILES string of the molecule is Cc1ccc(C)c(CSc2nc3c(c(=O)n2-c2ccc(OC(F)(F)F)cc2)SCC3)c1. The Kier molecular flexibility index (Phi) is 6.07. The molecule has 0 N–H and O–H groups in total. The monoisotopic (exact) mass is 464 g/mol. The molecule has 3 aromatic rings. The Morgan fingerprint density at radius 1 is 1.16 bits per heavy atom. The molecule has 4 nitrogen and oxygen atoms in total. The summed E-state index contributed by atoms with van der Waals surface area (Å²) in [6.07, 6.45) is -4.04. The normalized spacial score (nSPS) is 13.3. The number of hydrogen-bond donors (Lipinski definition) is 0. The molecule has 0 amide bonds. The summed E-state index contributed by atoms with van der Waals surface area (Å²) < 4.78 is 42.8. The summed E-state index contributed by atoms with van der Waals surface area (Å²) in [5.74, 6) is 1.08. The molecule has 31 heavy (non-hydrogen) atoms. The second kappa shape index (κ2) is 8.63. The summed E-state index contributed by atoms with van der Waals surface area (Å²) in [7, 11) is 0. The smallest absolute Gasteiger partial charge is 0.406 e. The number of aryl methyl sites for hydroxylation is 3. The van der Waals surface area contributed by atoms with E-state index in [9.17, 15) is 18.0 Å². The summed E-state index contributed by atoms with van der Waals surface area (Å²) in [6.45, 7) is 4.06. The predicted octanol–water partition coefficient (Wildman–Crippen LogP) is 5.69. The Balaban J connectivity index is 1.71. The quantitative estimate of drug-likeness (QED) is 0.359. The second-order valence-electron chi connectivity index (χ2n) is 7.17. The number of thioether (sulfide) groups is 2. The molecule has 0 atom stereocenters. The fourth-order valence-electron chi connectivity index (χ4n) is 3.31. The van der Waals surface area contributed by atoms with Crippen LogP contribution in [0.3, 0.4) is 0 Å². The van der Waals surface area contributed by atoms with E-state index in [0.29, 0.717) is 21.5 Å². The van der Waals surface area contributed by atoms with E-state index in [1.165, 1.54) is 52.4 Å². The molecule has 9 heteroatoms. The van der Waals surface area contributed by atoms with Crippen LogP contribution >= 0.6 is 23.5 Å². The second-order valence-corrected chi connectivity index (χ2v) is 9.22. The van der Waals surface area contributed by atoms with Crippen LogP contribution in [0.5, 0.6) is 5.75 Å². The zero-order valence-corrected chi connectivity index (χ0v) is 18.5. The summed E-state index contributed by atoms with van der Waals surface area (Å²) in [5, 5.41) is 0.525. The first-order valence-electron chi connectivity index (χ1n) is 9.55. The number of halogens is 3. The molecule has 1 aromatic heterocycles. The number of ether oxygens (including phenoxy) is 1. The number of fused-ring (bicyclic) bond motifs is 1. The van der Waals surface area contributed by atoms with Gasteiger partial charge in [0.2, 0.25) is 0 Å². The van der Waals surface area contributed by atoms with Gasteiger partial charge in [-0.15, -0.1) is 24.9 Å². The third-order valence-corrected chi connectivity index (χ3v) is 6.95. The van der Waals surface area contributed by atoms with Crippen molar-refractivity contribution in [2.24, 2.45) is 0 Å². The number of hydrogen-bond acceptors (Lipinski definition) is 5. The van der Waals surface area contributed by atoms with Gasteiger partial charge in [0.1, 0.15) is 5.75 Å². The van der Waals surface area contributed by atoms with Gasteiger partial charge >= 0.3 is 6.36 Å². The molecule has 0 aliphatic carbocycles. The Morgan fingerprint density at radius 2 is 1.90 bits per heavy atom. The van der Waals surface area contributed by atoms with E-state index in [-0.39, 0.29) is 11.3 Å². The van der Waals surface area contributed by atoms with Gasteiger partial charge in [-0.2, -0.15) is 0 Å². The minimum atomic E-state index is -4.77. The van der Waals surface area contributed by atoms with E-state index in [1.807, 2.05) is 13.8 Å². The predicted molar refractivity (Wildman–Crippen MR) is 116 cm³/mol. The minimum absolute atomic E-state index is 0.194. The van der Waals surface area contributed by atoms with Crippen LogP contribution in [0.25, 0.3) is 5.69 Å². The van der Waals surface area contributed by atoms with Crippen LogP contribution in [0, 0.1) is 13.8 Å². The molecule has 4 rings (SSSR count). The molecule has 2 aromatic carbocycles. The third-order valence-electron chi connectivity index (χ3n) is 4.86. The third kappa shape index (κ3) is 4.93. The lowest BCUT2D eigenvalue weighted by molar-refractivity contribution is -0.274. The molecule has 0 fully saturated rings. The van der Waals surface area contributed by atoms with Crippen molar-refractivity contribution in [3.63, 3.8) is 0 Å². The topological polar surface area (TPSA) is 44.1 Å². The van der Waals surface area contributed by atoms with E-state index in [4.69, 9.17) is 4.98 Å².